The number of carboxylic acid groups (broad SMARTS) is 2. The molecule has 0 aliphatic carbocycles. The van der Waals surface area contributed by atoms with Gasteiger partial charge in [-0.05, 0) is 37.6 Å². The Morgan fingerprint density at radius 3 is 2.47 bits per heavy atom. The Balaban J connectivity index is 1.67. The average Bonchev–Trinajstić information content (AvgIpc) is 3.04. The Bertz CT molecular complexity index is 1230. The molecule has 1 atom stereocenters. The number of aromatic amines is 2. The maximum absolute atomic E-state index is 12.3. The first-order valence-corrected chi connectivity index (χ1v) is 9.62. The van der Waals surface area contributed by atoms with Crippen LogP contribution < -0.4 is 21.9 Å². The largest absolute Gasteiger partial charge is 0.481 e. The van der Waals surface area contributed by atoms with Crippen molar-refractivity contribution in [3.63, 3.8) is 0 Å². The van der Waals surface area contributed by atoms with Crippen LogP contribution in [0.5, 0.6) is 0 Å². The van der Waals surface area contributed by atoms with Gasteiger partial charge in [0.2, 0.25) is 5.95 Å². The number of carboxylic acids is 2. The van der Waals surface area contributed by atoms with Gasteiger partial charge in [-0.2, -0.15) is 4.98 Å². The van der Waals surface area contributed by atoms with E-state index in [1.165, 1.54) is 12.1 Å². The number of carbonyl (C=O) groups excluding carboxylic acids is 1. The van der Waals surface area contributed by atoms with Gasteiger partial charge in [-0.1, -0.05) is 0 Å². The molecule has 0 saturated carbocycles. The van der Waals surface area contributed by atoms with Gasteiger partial charge in [0.25, 0.3) is 11.5 Å². The molecule has 32 heavy (non-hydrogen) atoms. The molecule has 3 rings (SSSR count). The van der Waals surface area contributed by atoms with Gasteiger partial charge in [0.05, 0.1) is 5.39 Å². The number of hydrogen-bond acceptors (Lipinski definition) is 7. The maximum Gasteiger partial charge on any atom is 0.326 e. The van der Waals surface area contributed by atoms with Crippen molar-refractivity contribution >= 4 is 40.5 Å². The smallest absolute Gasteiger partial charge is 0.326 e. The predicted molar refractivity (Wildman–Crippen MR) is 115 cm³/mol. The summed E-state index contributed by atoms with van der Waals surface area (Å²) in [4.78, 5) is 56.0. The van der Waals surface area contributed by atoms with Crippen molar-refractivity contribution in [2.45, 2.75) is 32.4 Å². The number of rotatable bonds is 9. The number of aliphatic carboxylic acids is 2. The Morgan fingerprint density at radius 2 is 1.84 bits per heavy atom. The molecule has 0 fully saturated rings. The molecule has 12 nitrogen and oxygen atoms in total. The summed E-state index contributed by atoms with van der Waals surface area (Å²) in [6.45, 7) is 2.12. The third-order valence-electron chi connectivity index (χ3n) is 4.86. The fourth-order valence-electron chi connectivity index (χ4n) is 3.22. The lowest BCUT2D eigenvalue weighted by Gasteiger charge is -2.14. The Hall–Kier alpha value is -4.35. The highest BCUT2D eigenvalue weighted by Gasteiger charge is 2.21. The molecule has 2 heterocycles. The first kappa shape index (κ1) is 22.3. The van der Waals surface area contributed by atoms with E-state index in [0.29, 0.717) is 23.3 Å². The van der Waals surface area contributed by atoms with Gasteiger partial charge in [0.15, 0.2) is 0 Å². The van der Waals surface area contributed by atoms with Crippen LogP contribution in [-0.4, -0.2) is 49.1 Å². The van der Waals surface area contributed by atoms with E-state index in [1.54, 1.807) is 12.1 Å². The van der Waals surface area contributed by atoms with Crippen LogP contribution in [0.4, 0.5) is 11.6 Å². The van der Waals surface area contributed by atoms with Crippen LogP contribution in [0.2, 0.25) is 0 Å². The van der Waals surface area contributed by atoms with E-state index in [2.05, 4.69) is 25.6 Å². The summed E-state index contributed by atoms with van der Waals surface area (Å²) < 4.78 is 0. The lowest BCUT2D eigenvalue weighted by Crippen LogP contribution is -2.41. The molecule has 168 valence electrons. The zero-order valence-electron chi connectivity index (χ0n) is 17.1. The molecule has 0 bridgehead atoms. The number of H-pyrrole nitrogens is 2. The second-order valence-corrected chi connectivity index (χ2v) is 7.13. The first-order chi connectivity index (χ1) is 15.2. The average molecular weight is 442 g/mol. The van der Waals surface area contributed by atoms with Crippen LogP contribution >= 0.6 is 0 Å². The van der Waals surface area contributed by atoms with E-state index in [0.717, 1.165) is 11.3 Å². The van der Waals surface area contributed by atoms with Crippen LogP contribution in [0.15, 0.2) is 29.1 Å². The number of anilines is 2. The van der Waals surface area contributed by atoms with Gasteiger partial charge in [-0.15, -0.1) is 0 Å². The van der Waals surface area contributed by atoms with Crippen LogP contribution in [-0.2, 0) is 16.1 Å². The second-order valence-electron chi connectivity index (χ2n) is 7.13. The standard InChI is InChI=1S/C20H22N6O6/c1-9-12(15-16(23-9)25-20(21)26-18(15)30)8-22-11-4-2-10(3-5-11)17(29)24-13(19(31)32)6-7-14(27)28/h2-5,13,22H,6-8H2,1H3,(H,24,29)(H,27,28)(H,31,32)(H4,21,23,25,26,30)/t13-/m1/s1. The Morgan fingerprint density at radius 1 is 1.16 bits per heavy atom. The van der Waals surface area contributed by atoms with Crippen LogP contribution in [0.1, 0.15) is 34.5 Å². The number of aromatic nitrogens is 3. The number of nitrogens with zero attached hydrogens (tertiary/aromatic N) is 1. The van der Waals surface area contributed by atoms with Crippen LogP contribution in [0.3, 0.4) is 0 Å². The van der Waals surface area contributed by atoms with Crippen molar-refractivity contribution in [3.8, 4) is 0 Å². The molecular formula is C20H22N6O6. The van der Waals surface area contributed by atoms with Gasteiger partial charge in [-0.25, -0.2) is 4.79 Å². The highest BCUT2D eigenvalue weighted by atomic mass is 16.4. The van der Waals surface area contributed by atoms with Crippen molar-refractivity contribution in [2.24, 2.45) is 0 Å². The Labute approximate surface area is 180 Å². The number of amides is 1. The monoisotopic (exact) mass is 442 g/mol. The molecule has 0 aliphatic heterocycles. The second kappa shape index (κ2) is 9.20. The minimum Gasteiger partial charge on any atom is -0.481 e. The number of nitrogen functional groups attached to an aromatic ring is 1. The molecule has 1 amide bonds. The number of nitrogens with one attached hydrogen (secondary N) is 4. The van der Waals surface area contributed by atoms with E-state index < -0.39 is 23.9 Å². The predicted octanol–water partition coefficient (Wildman–Crippen LogP) is 0.802. The van der Waals surface area contributed by atoms with Crippen molar-refractivity contribution < 1.29 is 24.6 Å². The molecule has 0 spiro atoms. The number of hydrogen-bond donors (Lipinski definition) is 7. The van der Waals surface area contributed by atoms with E-state index in [-0.39, 0.29) is 29.9 Å². The van der Waals surface area contributed by atoms with Crippen molar-refractivity contribution in [3.05, 3.63) is 51.4 Å². The summed E-state index contributed by atoms with van der Waals surface area (Å²) >= 11 is 0. The summed E-state index contributed by atoms with van der Waals surface area (Å²) in [5.41, 5.74) is 7.97. The summed E-state index contributed by atoms with van der Waals surface area (Å²) in [5, 5.41) is 23.7. The first-order valence-electron chi connectivity index (χ1n) is 9.62. The van der Waals surface area contributed by atoms with E-state index >= 15 is 0 Å². The van der Waals surface area contributed by atoms with E-state index in [4.69, 9.17) is 15.9 Å². The normalized spacial score (nSPS) is 11.8. The zero-order valence-corrected chi connectivity index (χ0v) is 17.1. The summed E-state index contributed by atoms with van der Waals surface area (Å²) in [6, 6.07) is 4.97. The lowest BCUT2D eigenvalue weighted by atomic mass is 10.1. The summed E-state index contributed by atoms with van der Waals surface area (Å²) in [7, 11) is 0. The molecule has 0 saturated heterocycles. The number of nitrogens with two attached hydrogens (primary N) is 1. The van der Waals surface area contributed by atoms with Crippen LogP contribution in [0, 0.1) is 6.92 Å². The van der Waals surface area contributed by atoms with Gasteiger partial charge < -0.3 is 31.6 Å². The highest BCUT2D eigenvalue weighted by molar-refractivity contribution is 5.97. The molecule has 12 heteroatoms. The fraction of sp³-hybridized carbons (Fsp3) is 0.250. The third kappa shape index (κ3) is 5.03. The van der Waals surface area contributed by atoms with Gasteiger partial charge in [0, 0.05) is 35.5 Å². The van der Waals surface area contributed by atoms with Gasteiger partial charge in [0.1, 0.15) is 11.7 Å². The van der Waals surface area contributed by atoms with E-state index in [1.807, 2.05) is 6.92 Å². The Kier molecular flexibility index (Phi) is 6.42. The minimum absolute atomic E-state index is 0.0187. The molecule has 0 radical (unpaired) electrons. The van der Waals surface area contributed by atoms with Crippen LogP contribution in [0.25, 0.3) is 11.0 Å². The topological polar surface area (TPSA) is 203 Å². The van der Waals surface area contributed by atoms with Gasteiger partial charge in [-0.3, -0.25) is 19.4 Å². The molecule has 3 aromatic rings. The van der Waals surface area contributed by atoms with Gasteiger partial charge >= 0.3 is 11.9 Å². The molecule has 0 unspecified atom stereocenters. The molecule has 0 aliphatic rings. The molecule has 2 aromatic heterocycles. The molecule has 1 aromatic carbocycles. The van der Waals surface area contributed by atoms with Crippen molar-refractivity contribution in [1.82, 2.24) is 20.3 Å². The van der Waals surface area contributed by atoms with Crippen molar-refractivity contribution in [2.75, 3.05) is 11.1 Å². The number of benzene rings is 1. The van der Waals surface area contributed by atoms with Crippen molar-refractivity contribution in [1.29, 1.82) is 0 Å². The highest BCUT2D eigenvalue weighted by Crippen LogP contribution is 2.19. The quantitative estimate of drug-likeness (QED) is 0.250. The SMILES string of the molecule is Cc1[nH]c2nc(N)[nH]c(=O)c2c1CNc1ccc(C(=O)N[C@H](CCC(=O)O)C(=O)O)cc1. The summed E-state index contributed by atoms with van der Waals surface area (Å²) in [6.07, 6.45) is -0.599. The summed E-state index contributed by atoms with van der Waals surface area (Å²) in [5.74, 6) is -3.06. The fourth-order valence-corrected chi connectivity index (χ4v) is 3.22. The number of carbonyl (C=O) groups is 3. The molecule has 8 N–H and O–H groups in total. The molecular weight excluding hydrogens is 420 g/mol. The number of aryl methyl sites for hydroxylation is 1. The third-order valence-corrected chi connectivity index (χ3v) is 4.86. The maximum atomic E-state index is 12.3. The zero-order chi connectivity index (χ0) is 23.4. The van der Waals surface area contributed by atoms with E-state index in [9.17, 15) is 19.2 Å². The number of fused-ring (bicyclic) bond motifs is 1. The lowest BCUT2D eigenvalue weighted by molar-refractivity contribution is -0.140. The minimum atomic E-state index is -1.31.